The summed E-state index contributed by atoms with van der Waals surface area (Å²) in [6, 6.07) is 0. The summed E-state index contributed by atoms with van der Waals surface area (Å²) in [4.78, 5) is 0. The Kier molecular flexibility index (Phi) is 13.8. The second-order valence-corrected chi connectivity index (χ2v) is 10.2. The minimum absolute atomic E-state index is 0.136. The van der Waals surface area contributed by atoms with Crippen molar-refractivity contribution < 1.29 is 17.4 Å². The van der Waals surface area contributed by atoms with E-state index in [9.17, 15) is 17.4 Å². The molecule has 0 fully saturated rings. The van der Waals surface area contributed by atoms with Crippen molar-refractivity contribution in [2.45, 2.75) is 127 Å². The molecule has 3 nitrogen and oxygen atoms in total. The van der Waals surface area contributed by atoms with Crippen molar-refractivity contribution >= 4 is 10.1 Å². The second-order valence-electron chi connectivity index (χ2n) is 8.66. The maximum Gasteiger partial charge on any atom is 0.274 e. The van der Waals surface area contributed by atoms with Gasteiger partial charge in [0.25, 0.3) is 10.1 Å². The van der Waals surface area contributed by atoms with Gasteiger partial charge >= 0.3 is 0 Å². The second kappa shape index (κ2) is 15.2. The van der Waals surface area contributed by atoms with Crippen LogP contribution in [0.2, 0.25) is 0 Å². The van der Waals surface area contributed by atoms with Gasteiger partial charge in [-0.2, -0.15) is 8.42 Å². The van der Waals surface area contributed by atoms with Crippen LogP contribution in [-0.4, -0.2) is 23.9 Å². The summed E-state index contributed by atoms with van der Waals surface area (Å²) in [5.74, 6) is 0. The topological polar surface area (TPSA) is 54.4 Å². The van der Waals surface area contributed by atoms with Crippen LogP contribution in [0.25, 0.3) is 0 Å². The quantitative estimate of drug-likeness (QED) is 0.179. The molecule has 0 aromatic heterocycles. The smallest absolute Gasteiger partial charge is 0.274 e. The Morgan fingerprint density at radius 3 is 1.59 bits per heavy atom. The zero-order chi connectivity index (χ0) is 21.4. The third-order valence-corrected chi connectivity index (χ3v) is 7.17. The number of hydrogen-bond acceptors (Lipinski definition) is 2. The fourth-order valence-corrected chi connectivity index (χ4v) is 5.13. The first-order valence-electron chi connectivity index (χ1n) is 11.9. The van der Waals surface area contributed by atoms with Gasteiger partial charge in [0.15, 0.2) is 5.67 Å². The van der Waals surface area contributed by atoms with Crippen LogP contribution in [0, 0.1) is 0 Å². The van der Waals surface area contributed by atoms with Crippen LogP contribution in [0.5, 0.6) is 0 Å². The molecular formula is C24H43FO3S. The third kappa shape index (κ3) is 11.9. The Bertz CT molecular complexity index is 571. The molecule has 29 heavy (non-hydrogen) atoms. The van der Waals surface area contributed by atoms with Gasteiger partial charge in [-0.05, 0) is 18.9 Å². The van der Waals surface area contributed by atoms with Crippen molar-refractivity contribution in [1.82, 2.24) is 0 Å². The summed E-state index contributed by atoms with van der Waals surface area (Å²) in [6.07, 6.45) is 25.6. The van der Waals surface area contributed by atoms with E-state index in [-0.39, 0.29) is 6.42 Å². The molecule has 1 aliphatic rings. The molecule has 0 saturated heterocycles. The molecule has 0 aromatic rings. The van der Waals surface area contributed by atoms with Gasteiger partial charge in [0.1, 0.15) is 5.25 Å². The molecular weight excluding hydrogens is 387 g/mol. The van der Waals surface area contributed by atoms with Gasteiger partial charge in [0, 0.05) is 0 Å². The normalized spacial score (nSPS) is 21.7. The van der Waals surface area contributed by atoms with Gasteiger partial charge in [0.05, 0.1) is 0 Å². The average Bonchev–Trinajstić information content (AvgIpc) is 2.67. The van der Waals surface area contributed by atoms with Crippen molar-refractivity contribution in [2.24, 2.45) is 0 Å². The Balaban J connectivity index is 1.95. The van der Waals surface area contributed by atoms with E-state index >= 15 is 0 Å². The summed E-state index contributed by atoms with van der Waals surface area (Å²) in [5, 5.41) is -1.48. The van der Waals surface area contributed by atoms with Crippen LogP contribution < -0.4 is 0 Å². The lowest BCUT2D eigenvalue weighted by atomic mass is 9.90. The average molecular weight is 431 g/mol. The fraction of sp³-hybridized carbons (Fsp3) is 0.833. The first-order valence-corrected chi connectivity index (χ1v) is 13.4. The molecule has 0 radical (unpaired) electrons. The maximum absolute atomic E-state index is 14.9. The van der Waals surface area contributed by atoms with Crippen LogP contribution in [0.4, 0.5) is 4.39 Å². The highest BCUT2D eigenvalue weighted by atomic mass is 32.2. The van der Waals surface area contributed by atoms with Crippen LogP contribution in [-0.2, 0) is 10.1 Å². The molecule has 2 atom stereocenters. The predicted molar refractivity (Wildman–Crippen MR) is 122 cm³/mol. The van der Waals surface area contributed by atoms with E-state index in [4.69, 9.17) is 0 Å². The lowest BCUT2D eigenvalue weighted by Gasteiger charge is -2.29. The molecule has 5 heteroatoms. The molecule has 1 rings (SSSR count). The van der Waals surface area contributed by atoms with Crippen molar-refractivity contribution in [1.29, 1.82) is 0 Å². The van der Waals surface area contributed by atoms with E-state index in [2.05, 4.69) is 6.92 Å². The monoisotopic (exact) mass is 430 g/mol. The Labute approximate surface area is 179 Å². The molecule has 1 aliphatic carbocycles. The van der Waals surface area contributed by atoms with E-state index in [0.717, 1.165) is 19.3 Å². The number of allylic oxidation sites excluding steroid dienone is 3. The van der Waals surface area contributed by atoms with E-state index < -0.39 is 21.0 Å². The SMILES string of the molecule is CCCCCCCCCCCCCCCCCCC1(F)C=CC=CC1S(=O)(=O)O. The minimum Gasteiger partial charge on any atom is -0.285 e. The van der Waals surface area contributed by atoms with Gasteiger partial charge in [-0.1, -0.05) is 121 Å². The first kappa shape index (κ1) is 26.4. The lowest BCUT2D eigenvalue weighted by molar-refractivity contribution is 0.206. The van der Waals surface area contributed by atoms with Crippen molar-refractivity contribution in [3.8, 4) is 0 Å². The molecule has 1 N–H and O–H groups in total. The van der Waals surface area contributed by atoms with Gasteiger partial charge in [-0.15, -0.1) is 0 Å². The molecule has 0 spiro atoms. The Morgan fingerprint density at radius 2 is 1.17 bits per heavy atom. The van der Waals surface area contributed by atoms with Crippen molar-refractivity contribution in [3.05, 3.63) is 24.3 Å². The highest BCUT2D eigenvalue weighted by molar-refractivity contribution is 7.86. The van der Waals surface area contributed by atoms with Crippen LogP contribution in [0.1, 0.15) is 116 Å². The van der Waals surface area contributed by atoms with Gasteiger partial charge in [0.2, 0.25) is 0 Å². The highest BCUT2D eigenvalue weighted by Gasteiger charge is 2.43. The molecule has 0 heterocycles. The fourth-order valence-electron chi connectivity index (χ4n) is 4.15. The zero-order valence-corrected chi connectivity index (χ0v) is 19.3. The summed E-state index contributed by atoms with van der Waals surface area (Å²) in [6.45, 7) is 2.26. The van der Waals surface area contributed by atoms with E-state index in [1.54, 1.807) is 0 Å². The summed E-state index contributed by atoms with van der Waals surface area (Å²) >= 11 is 0. The molecule has 170 valence electrons. The van der Waals surface area contributed by atoms with Gasteiger partial charge < -0.3 is 0 Å². The number of halogens is 1. The van der Waals surface area contributed by atoms with Gasteiger partial charge in [-0.25, -0.2) is 4.39 Å². The molecule has 0 aliphatic heterocycles. The highest BCUT2D eigenvalue weighted by Crippen LogP contribution is 2.33. The summed E-state index contributed by atoms with van der Waals surface area (Å²) < 4.78 is 47.0. The molecule has 0 amide bonds. The van der Waals surface area contributed by atoms with Crippen LogP contribution in [0.15, 0.2) is 24.3 Å². The van der Waals surface area contributed by atoms with Crippen LogP contribution >= 0.6 is 0 Å². The van der Waals surface area contributed by atoms with E-state index in [0.29, 0.717) is 6.42 Å². The molecule has 0 bridgehead atoms. The summed E-state index contributed by atoms with van der Waals surface area (Å²) in [5.41, 5.74) is -1.99. The third-order valence-electron chi connectivity index (χ3n) is 5.98. The Morgan fingerprint density at radius 1 is 0.759 bits per heavy atom. The standard InChI is InChI=1S/C24H43FO3S/c1-2-3-4-5-6-7-8-9-10-11-12-13-14-15-16-18-21-24(25)22-19-17-20-23(24)29(26,27)28/h17,19-20,22-23H,2-16,18,21H2,1H3,(H,26,27,28). The van der Waals surface area contributed by atoms with Gasteiger partial charge in [-0.3, -0.25) is 4.55 Å². The Hall–Kier alpha value is -0.680. The predicted octanol–water partition coefficient (Wildman–Crippen LogP) is 7.73. The zero-order valence-electron chi connectivity index (χ0n) is 18.5. The number of unbranched alkanes of at least 4 members (excludes halogenated alkanes) is 15. The van der Waals surface area contributed by atoms with Crippen LogP contribution in [0.3, 0.4) is 0 Å². The maximum atomic E-state index is 14.9. The minimum atomic E-state index is -4.42. The number of alkyl halides is 1. The summed E-state index contributed by atoms with van der Waals surface area (Å²) in [7, 11) is -4.42. The first-order chi connectivity index (χ1) is 13.9. The number of rotatable bonds is 18. The largest absolute Gasteiger partial charge is 0.285 e. The van der Waals surface area contributed by atoms with Crippen molar-refractivity contribution in [2.75, 3.05) is 0 Å². The molecule has 0 aromatic carbocycles. The lowest BCUT2D eigenvalue weighted by Crippen LogP contribution is -2.41. The number of hydrogen-bond donors (Lipinski definition) is 1. The van der Waals surface area contributed by atoms with E-state index in [1.807, 2.05) is 0 Å². The van der Waals surface area contributed by atoms with Crippen molar-refractivity contribution in [3.63, 3.8) is 0 Å². The molecule has 2 unspecified atom stereocenters. The molecule has 0 saturated carbocycles. The van der Waals surface area contributed by atoms with E-state index in [1.165, 1.54) is 101 Å².